The average molecular weight is 343 g/mol. The second-order valence-electron chi connectivity index (χ2n) is 6.44. The maximum absolute atomic E-state index is 5.83. The van der Waals surface area contributed by atoms with Crippen molar-refractivity contribution in [2.24, 2.45) is 0 Å². The molecule has 2 aromatic heterocycles. The summed E-state index contributed by atoms with van der Waals surface area (Å²) >= 11 is 0. The van der Waals surface area contributed by atoms with Crippen molar-refractivity contribution in [1.82, 2.24) is 20.2 Å². The third kappa shape index (κ3) is 3.09. The number of fused-ring (bicyclic) bond motifs is 1. The van der Waals surface area contributed by atoms with Crippen LogP contribution in [0.25, 0.3) is 10.8 Å². The summed E-state index contributed by atoms with van der Waals surface area (Å²) in [5.74, 6) is 2.73. The van der Waals surface area contributed by atoms with Crippen LogP contribution in [0.5, 0.6) is 11.8 Å². The van der Waals surface area contributed by atoms with Crippen LogP contribution in [0.2, 0.25) is 0 Å². The van der Waals surface area contributed by atoms with Crippen molar-refractivity contribution < 1.29 is 4.74 Å². The molecule has 0 unspecified atom stereocenters. The van der Waals surface area contributed by atoms with E-state index in [9.17, 15) is 0 Å². The van der Waals surface area contributed by atoms with E-state index in [0.29, 0.717) is 23.5 Å². The number of anilines is 2. The van der Waals surface area contributed by atoms with Gasteiger partial charge in [-0.15, -0.1) is 0 Å². The number of rotatable bonds is 5. The zero-order valence-corrected chi connectivity index (χ0v) is 14.0. The van der Waals surface area contributed by atoms with Crippen LogP contribution in [0.15, 0.2) is 60.8 Å². The van der Waals surface area contributed by atoms with E-state index in [4.69, 9.17) is 4.74 Å². The second kappa shape index (κ2) is 6.15. The lowest BCUT2D eigenvalue weighted by Crippen LogP contribution is -1.97. The van der Waals surface area contributed by atoms with Gasteiger partial charge in [0.15, 0.2) is 5.82 Å². The molecule has 2 N–H and O–H groups in total. The Kier molecular flexibility index (Phi) is 3.52. The number of benzene rings is 2. The maximum Gasteiger partial charge on any atom is 0.323 e. The fourth-order valence-corrected chi connectivity index (χ4v) is 2.93. The minimum absolute atomic E-state index is 0.295. The van der Waals surface area contributed by atoms with Gasteiger partial charge in [0.05, 0.1) is 0 Å². The largest absolute Gasteiger partial charge is 0.424 e. The van der Waals surface area contributed by atoms with Gasteiger partial charge >= 0.3 is 6.01 Å². The average Bonchev–Trinajstić information content (AvgIpc) is 3.42. The van der Waals surface area contributed by atoms with E-state index in [-0.39, 0.29) is 0 Å². The van der Waals surface area contributed by atoms with Gasteiger partial charge < -0.3 is 10.1 Å². The lowest BCUT2D eigenvalue weighted by molar-refractivity contribution is 0.443. The Morgan fingerprint density at radius 1 is 0.962 bits per heavy atom. The lowest BCUT2D eigenvalue weighted by atomic mass is 10.1. The van der Waals surface area contributed by atoms with Gasteiger partial charge in [0, 0.05) is 23.9 Å². The highest BCUT2D eigenvalue weighted by molar-refractivity contribution is 5.83. The Bertz CT molecular complexity index is 1070. The quantitative estimate of drug-likeness (QED) is 0.546. The van der Waals surface area contributed by atoms with Crippen LogP contribution in [0.3, 0.4) is 0 Å². The highest BCUT2D eigenvalue weighted by Crippen LogP contribution is 2.39. The smallest absolute Gasteiger partial charge is 0.323 e. The number of hydrogen-bond acceptors (Lipinski definition) is 5. The van der Waals surface area contributed by atoms with Crippen molar-refractivity contribution in [2.45, 2.75) is 18.8 Å². The molecule has 5 rings (SSSR count). The first kappa shape index (κ1) is 14.9. The van der Waals surface area contributed by atoms with Gasteiger partial charge in [-0.2, -0.15) is 10.1 Å². The van der Waals surface area contributed by atoms with E-state index < -0.39 is 0 Å². The van der Waals surface area contributed by atoms with Crippen LogP contribution in [-0.2, 0) is 0 Å². The van der Waals surface area contributed by atoms with E-state index in [2.05, 4.69) is 37.6 Å². The number of aromatic amines is 1. The van der Waals surface area contributed by atoms with Crippen molar-refractivity contribution in [3.63, 3.8) is 0 Å². The molecule has 4 aromatic rings. The molecular formula is C20H17N5O. The monoisotopic (exact) mass is 343 g/mol. The summed E-state index contributed by atoms with van der Waals surface area (Å²) in [5, 5.41) is 12.8. The van der Waals surface area contributed by atoms with Crippen LogP contribution in [-0.4, -0.2) is 20.2 Å². The van der Waals surface area contributed by atoms with Crippen LogP contribution < -0.4 is 10.1 Å². The number of ether oxygens (including phenoxy) is 1. The Balaban J connectivity index is 1.34. The second-order valence-corrected chi connectivity index (χ2v) is 6.44. The zero-order valence-electron chi connectivity index (χ0n) is 14.0. The van der Waals surface area contributed by atoms with Crippen LogP contribution in [0, 0.1) is 0 Å². The first-order valence-corrected chi connectivity index (χ1v) is 8.65. The Morgan fingerprint density at radius 2 is 1.85 bits per heavy atom. The molecule has 1 aliphatic carbocycles. The minimum atomic E-state index is 0.295. The standard InChI is InChI=1S/C20H17N5O/c1-2-4-15-11-16(8-7-13(15)3-1)26-20-21-10-9-18(23-20)22-19-12-17(24-25-19)14-5-6-14/h1-4,7-12,14H,5-6H2,(H2,21,22,23,24,25). The van der Waals surface area contributed by atoms with E-state index >= 15 is 0 Å². The maximum atomic E-state index is 5.83. The van der Waals surface area contributed by atoms with E-state index in [1.807, 2.05) is 36.4 Å². The molecule has 0 spiro atoms. The SMILES string of the molecule is c1ccc2cc(Oc3nccc(Nc4cc(C5CC5)[nH]n4)n3)ccc2c1. The molecule has 128 valence electrons. The highest BCUT2D eigenvalue weighted by atomic mass is 16.5. The van der Waals surface area contributed by atoms with Crippen molar-refractivity contribution >= 4 is 22.4 Å². The fourth-order valence-electron chi connectivity index (χ4n) is 2.93. The van der Waals surface area contributed by atoms with Gasteiger partial charge in [0.1, 0.15) is 11.6 Å². The predicted molar refractivity (Wildman–Crippen MR) is 99.9 cm³/mol. The Hall–Kier alpha value is -3.41. The van der Waals surface area contributed by atoms with E-state index in [1.54, 1.807) is 12.3 Å². The van der Waals surface area contributed by atoms with E-state index in [1.165, 1.54) is 23.9 Å². The van der Waals surface area contributed by atoms with Crippen LogP contribution in [0.4, 0.5) is 11.6 Å². The minimum Gasteiger partial charge on any atom is -0.424 e. The Morgan fingerprint density at radius 3 is 2.73 bits per heavy atom. The zero-order chi connectivity index (χ0) is 17.3. The number of hydrogen-bond donors (Lipinski definition) is 2. The van der Waals surface area contributed by atoms with Gasteiger partial charge in [0.25, 0.3) is 0 Å². The van der Waals surface area contributed by atoms with Crippen molar-refractivity contribution in [2.75, 3.05) is 5.32 Å². The summed E-state index contributed by atoms with van der Waals surface area (Å²) in [6.45, 7) is 0. The number of H-pyrrole nitrogens is 1. The highest BCUT2D eigenvalue weighted by Gasteiger charge is 2.25. The molecule has 0 aliphatic heterocycles. The summed E-state index contributed by atoms with van der Waals surface area (Å²) in [6.07, 6.45) is 4.14. The van der Waals surface area contributed by atoms with Crippen molar-refractivity contribution in [3.8, 4) is 11.8 Å². The molecule has 0 bridgehead atoms. The van der Waals surface area contributed by atoms with Gasteiger partial charge in [-0.1, -0.05) is 30.3 Å². The molecule has 1 aliphatic rings. The van der Waals surface area contributed by atoms with Crippen molar-refractivity contribution in [3.05, 3.63) is 66.5 Å². The molecule has 0 amide bonds. The molecule has 1 fully saturated rings. The van der Waals surface area contributed by atoms with Gasteiger partial charge in [-0.3, -0.25) is 5.10 Å². The summed E-state index contributed by atoms with van der Waals surface area (Å²) in [6, 6.07) is 18.2. The summed E-state index contributed by atoms with van der Waals surface area (Å²) in [5.41, 5.74) is 1.18. The molecule has 2 heterocycles. The summed E-state index contributed by atoms with van der Waals surface area (Å²) in [4.78, 5) is 8.61. The lowest BCUT2D eigenvalue weighted by Gasteiger charge is -2.07. The van der Waals surface area contributed by atoms with Gasteiger partial charge in [-0.05, 0) is 41.8 Å². The van der Waals surface area contributed by atoms with Gasteiger partial charge in [-0.25, -0.2) is 4.98 Å². The molecule has 0 saturated heterocycles. The molecule has 2 aromatic carbocycles. The topological polar surface area (TPSA) is 75.7 Å². The van der Waals surface area contributed by atoms with Crippen LogP contribution >= 0.6 is 0 Å². The summed E-state index contributed by atoms with van der Waals surface area (Å²) < 4.78 is 5.83. The number of nitrogens with one attached hydrogen (secondary N) is 2. The number of nitrogens with zero attached hydrogens (tertiary/aromatic N) is 3. The number of aromatic nitrogens is 4. The van der Waals surface area contributed by atoms with Gasteiger partial charge in [0.2, 0.25) is 0 Å². The molecule has 6 nitrogen and oxygen atoms in total. The normalized spacial score (nSPS) is 13.7. The molecular weight excluding hydrogens is 326 g/mol. The predicted octanol–water partition coefficient (Wildman–Crippen LogP) is 4.77. The van der Waals surface area contributed by atoms with Crippen LogP contribution in [0.1, 0.15) is 24.5 Å². The molecule has 6 heteroatoms. The first-order valence-electron chi connectivity index (χ1n) is 8.65. The molecule has 26 heavy (non-hydrogen) atoms. The summed E-state index contributed by atoms with van der Waals surface area (Å²) in [7, 11) is 0. The molecule has 0 radical (unpaired) electrons. The van der Waals surface area contributed by atoms with E-state index in [0.717, 1.165) is 11.2 Å². The third-order valence-electron chi connectivity index (χ3n) is 4.43. The fraction of sp³-hybridized carbons (Fsp3) is 0.150. The molecule has 1 saturated carbocycles. The Labute approximate surface area is 150 Å². The molecule has 0 atom stereocenters. The van der Waals surface area contributed by atoms with Crippen molar-refractivity contribution in [1.29, 1.82) is 0 Å². The third-order valence-corrected chi connectivity index (χ3v) is 4.43. The first-order chi connectivity index (χ1) is 12.8.